The molecule has 0 unspecified atom stereocenters. The van der Waals surface area contributed by atoms with E-state index >= 15 is 0 Å². The first kappa shape index (κ1) is 24.7. The van der Waals surface area contributed by atoms with Crippen molar-refractivity contribution in [3.05, 3.63) is 86.0 Å². The van der Waals surface area contributed by atoms with Gasteiger partial charge >= 0.3 is 0 Å². The van der Waals surface area contributed by atoms with Gasteiger partial charge in [-0.15, -0.1) is 11.3 Å². The zero-order chi connectivity index (χ0) is 25.3. The molecule has 0 bridgehead atoms. The zero-order valence-corrected chi connectivity index (χ0v) is 22.2. The average molecular weight is 568 g/mol. The van der Waals surface area contributed by atoms with E-state index in [2.05, 4.69) is 49.9 Å². The number of benzene rings is 2. The van der Waals surface area contributed by atoms with Crippen LogP contribution in [0.4, 0.5) is 5.69 Å². The fourth-order valence-corrected chi connectivity index (χ4v) is 5.85. The Morgan fingerprint density at radius 2 is 1.72 bits per heavy atom. The predicted molar refractivity (Wildman–Crippen MR) is 145 cm³/mol. The number of fused-ring (bicyclic) bond motifs is 1. The minimum Gasteiger partial charge on any atom is -0.346 e. The maximum absolute atomic E-state index is 13.6. The first-order valence-electron chi connectivity index (χ1n) is 11.9. The van der Waals surface area contributed by atoms with E-state index in [1.165, 1.54) is 22.5 Å². The molecule has 3 N–H and O–H groups in total. The molecular formula is C27H27BrN4O3S. The third-order valence-corrected chi connectivity index (χ3v) is 8.45. The number of carbonyl (C=O) groups excluding carboxylic acids is 3. The van der Waals surface area contributed by atoms with Crippen LogP contribution in [0.5, 0.6) is 0 Å². The number of rotatable bonds is 6. The minimum absolute atomic E-state index is 0.280. The summed E-state index contributed by atoms with van der Waals surface area (Å²) in [6.45, 7) is 1.98. The van der Waals surface area contributed by atoms with Crippen LogP contribution in [0.1, 0.15) is 37.6 Å². The van der Waals surface area contributed by atoms with E-state index in [9.17, 15) is 14.4 Å². The highest BCUT2D eigenvalue weighted by atomic mass is 79.9. The molecule has 0 spiro atoms. The number of carbonyl (C=O) groups is 3. The van der Waals surface area contributed by atoms with Crippen LogP contribution in [0.25, 0.3) is 0 Å². The van der Waals surface area contributed by atoms with Crippen LogP contribution >= 0.6 is 27.3 Å². The van der Waals surface area contributed by atoms with Gasteiger partial charge in [0.25, 0.3) is 17.7 Å². The van der Waals surface area contributed by atoms with E-state index < -0.39 is 11.6 Å². The number of halogens is 1. The van der Waals surface area contributed by atoms with Crippen LogP contribution < -0.4 is 16.0 Å². The second kappa shape index (κ2) is 10.2. The van der Waals surface area contributed by atoms with Gasteiger partial charge in [-0.1, -0.05) is 24.3 Å². The fraction of sp³-hybridized carbons (Fsp3) is 0.296. The van der Waals surface area contributed by atoms with E-state index in [4.69, 9.17) is 0 Å². The van der Waals surface area contributed by atoms with E-state index in [1.54, 1.807) is 36.4 Å². The first-order chi connectivity index (χ1) is 17.3. The molecule has 1 aromatic heterocycles. The Labute approximate surface area is 222 Å². The topological polar surface area (TPSA) is 90.5 Å². The number of anilines is 1. The molecule has 0 radical (unpaired) electrons. The van der Waals surface area contributed by atoms with E-state index in [1.807, 2.05) is 18.2 Å². The number of amides is 3. The Hall–Kier alpha value is -3.01. The van der Waals surface area contributed by atoms with Crippen LogP contribution in [-0.4, -0.2) is 54.3 Å². The third kappa shape index (κ3) is 5.23. The summed E-state index contributed by atoms with van der Waals surface area (Å²) in [5, 5.41) is 8.85. The molecule has 3 amide bonds. The molecule has 9 heteroatoms. The Bertz CT molecular complexity index is 1310. The lowest BCUT2D eigenvalue weighted by molar-refractivity contribution is -0.119. The molecule has 2 heterocycles. The summed E-state index contributed by atoms with van der Waals surface area (Å²) in [6.07, 6.45) is 2.20. The lowest BCUT2D eigenvalue weighted by Crippen LogP contribution is -2.51. The lowest BCUT2D eigenvalue weighted by Gasteiger charge is -2.20. The predicted octanol–water partition coefficient (Wildman–Crippen LogP) is 3.85. The molecule has 0 saturated heterocycles. The maximum Gasteiger partial charge on any atom is 0.262 e. The monoisotopic (exact) mass is 566 g/mol. The molecule has 1 fully saturated rings. The van der Waals surface area contributed by atoms with E-state index in [0.717, 1.165) is 29.7 Å². The van der Waals surface area contributed by atoms with Crippen molar-refractivity contribution in [1.82, 2.24) is 15.5 Å². The molecule has 3 aromatic rings. The second-order valence-corrected chi connectivity index (χ2v) is 11.8. The molecule has 5 rings (SSSR count). The zero-order valence-electron chi connectivity index (χ0n) is 19.8. The number of nitrogens with zero attached hydrogens (tertiary/aromatic N) is 1. The van der Waals surface area contributed by atoms with Crippen LogP contribution in [0.3, 0.4) is 0 Å². The van der Waals surface area contributed by atoms with Gasteiger partial charge in [0, 0.05) is 30.8 Å². The standard InChI is InChI=1S/C27H27BrN4O3S/c1-32-13-11-17-7-8-20(15-19(17)12-14-32)29-26(35)27(31-25(34)21-9-10-23(28)36-21)16-22(27)30-24(33)18-5-3-2-4-6-18/h2-10,15,22H,11-14,16H2,1H3,(H,29,35)(H,30,33)(H,31,34)/t22-,27+/m1/s1. The van der Waals surface area contributed by atoms with Gasteiger partial charge in [-0.2, -0.15) is 0 Å². The smallest absolute Gasteiger partial charge is 0.262 e. The fourth-order valence-electron chi connectivity index (χ4n) is 4.57. The first-order valence-corrected chi connectivity index (χ1v) is 13.5. The number of thiophene rings is 1. The van der Waals surface area contributed by atoms with Crippen molar-refractivity contribution < 1.29 is 14.4 Å². The summed E-state index contributed by atoms with van der Waals surface area (Å²) in [6, 6.07) is 17.8. The molecule has 1 aliphatic heterocycles. The Morgan fingerprint density at radius 3 is 2.44 bits per heavy atom. The molecule has 186 valence electrons. The van der Waals surface area contributed by atoms with Gasteiger partial charge in [-0.05, 0) is 83.3 Å². The van der Waals surface area contributed by atoms with E-state index in [0.29, 0.717) is 22.5 Å². The van der Waals surface area contributed by atoms with Gasteiger partial charge in [0.05, 0.1) is 14.7 Å². The summed E-state index contributed by atoms with van der Waals surface area (Å²) in [4.78, 5) is 42.2. The third-order valence-electron chi connectivity index (χ3n) is 6.83. The van der Waals surface area contributed by atoms with Gasteiger partial charge in [-0.3, -0.25) is 14.4 Å². The maximum atomic E-state index is 13.6. The van der Waals surface area contributed by atoms with Crippen molar-refractivity contribution >= 4 is 50.7 Å². The van der Waals surface area contributed by atoms with E-state index in [-0.39, 0.29) is 17.7 Å². The molecule has 2 aromatic carbocycles. The minimum atomic E-state index is -1.23. The Morgan fingerprint density at radius 1 is 0.972 bits per heavy atom. The lowest BCUT2D eigenvalue weighted by atomic mass is 10.0. The molecule has 1 aliphatic carbocycles. The molecular weight excluding hydrogens is 540 g/mol. The SMILES string of the molecule is CN1CCc2ccc(NC(=O)[C@]3(NC(=O)c4ccc(Br)s4)C[C@H]3NC(=O)c3ccccc3)cc2CC1. The molecule has 2 aliphatic rings. The molecule has 7 nitrogen and oxygen atoms in total. The van der Waals surface area contributed by atoms with Crippen LogP contribution in [0.2, 0.25) is 0 Å². The summed E-state index contributed by atoms with van der Waals surface area (Å²) in [7, 11) is 2.12. The van der Waals surface area contributed by atoms with Gasteiger partial charge in [0.15, 0.2) is 0 Å². The molecule has 2 atom stereocenters. The highest BCUT2D eigenvalue weighted by Crippen LogP contribution is 2.39. The van der Waals surface area contributed by atoms with Crippen molar-refractivity contribution in [2.45, 2.75) is 30.8 Å². The van der Waals surface area contributed by atoms with Crippen molar-refractivity contribution in [1.29, 1.82) is 0 Å². The van der Waals surface area contributed by atoms with Gasteiger partial charge < -0.3 is 20.9 Å². The number of hydrogen-bond acceptors (Lipinski definition) is 5. The number of likely N-dealkylation sites (N-methyl/N-ethyl adjacent to an activating group) is 1. The molecule has 36 heavy (non-hydrogen) atoms. The largest absolute Gasteiger partial charge is 0.346 e. The van der Waals surface area contributed by atoms with Gasteiger partial charge in [0.2, 0.25) is 0 Å². The quantitative estimate of drug-likeness (QED) is 0.422. The van der Waals surface area contributed by atoms with Crippen molar-refractivity contribution in [2.75, 3.05) is 25.5 Å². The van der Waals surface area contributed by atoms with Crippen LogP contribution in [0.15, 0.2) is 64.5 Å². The van der Waals surface area contributed by atoms with Crippen molar-refractivity contribution in [2.24, 2.45) is 0 Å². The average Bonchev–Trinajstić information content (AvgIpc) is 3.44. The summed E-state index contributed by atoms with van der Waals surface area (Å²) >= 11 is 4.67. The Balaban J connectivity index is 1.35. The van der Waals surface area contributed by atoms with Crippen LogP contribution in [0, 0.1) is 0 Å². The van der Waals surface area contributed by atoms with Crippen LogP contribution in [-0.2, 0) is 17.6 Å². The normalized spacial score (nSPS) is 21.1. The number of nitrogens with one attached hydrogen (secondary N) is 3. The molecule has 1 saturated carbocycles. The highest BCUT2D eigenvalue weighted by Gasteiger charge is 2.62. The summed E-state index contributed by atoms with van der Waals surface area (Å²) in [5.74, 6) is -0.963. The second-order valence-electron chi connectivity index (χ2n) is 9.37. The Kier molecular flexibility index (Phi) is 6.96. The van der Waals surface area contributed by atoms with Crippen molar-refractivity contribution in [3.63, 3.8) is 0 Å². The summed E-state index contributed by atoms with van der Waals surface area (Å²) < 4.78 is 0.825. The van der Waals surface area contributed by atoms with Gasteiger partial charge in [-0.25, -0.2) is 0 Å². The van der Waals surface area contributed by atoms with Crippen molar-refractivity contribution in [3.8, 4) is 0 Å². The highest BCUT2D eigenvalue weighted by molar-refractivity contribution is 9.11. The van der Waals surface area contributed by atoms with Gasteiger partial charge in [0.1, 0.15) is 5.54 Å². The summed E-state index contributed by atoms with van der Waals surface area (Å²) in [5.41, 5.74) is 2.48. The number of hydrogen-bond donors (Lipinski definition) is 3.